The van der Waals surface area contributed by atoms with Gasteiger partial charge in [0.15, 0.2) is 5.78 Å². The third kappa shape index (κ3) is 3.10. The number of hydrogen-bond donors (Lipinski definition) is 0. The largest absolute Gasteiger partial charge is 0.298 e. The number of ketones is 1. The molecule has 0 saturated carbocycles. The second-order valence-electron chi connectivity index (χ2n) is 3.12. The van der Waals surface area contributed by atoms with Crippen molar-refractivity contribution in [2.24, 2.45) is 0 Å². The molecule has 1 aromatic carbocycles. The molecule has 0 N–H and O–H groups in total. The minimum Gasteiger partial charge on any atom is -0.298 e. The quantitative estimate of drug-likeness (QED) is 0.770. The molecule has 0 saturated heterocycles. The highest BCUT2D eigenvalue weighted by Gasteiger charge is 2.06. The van der Waals surface area contributed by atoms with Gasteiger partial charge in [0.1, 0.15) is 0 Å². The maximum Gasteiger partial charge on any atom is 0.151 e. The van der Waals surface area contributed by atoms with Gasteiger partial charge in [-0.3, -0.25) is 4.79 Å². The topological polar surface area (TPSA) is 17.1 Å². The monoisotopic (exact) mass is 274 g/mol. The first-order chi connectivity index (χ1) is 6.67. The van der Waals surface area contributed by atoms with E-state index in [2.05, 4.69) is 28.9 Å². The number of alkyl halides is 1. The van der Waals surface area contributed by atoms with Crippen molar-refractivity contribution >= 4 is 33.3 Å². The molecule has 1 aromatic rings. The lowest BCUT2D eigenvalue weighted by molar-refractivity contribution is -0.116. The van der Waals surface area contributed by atoms with E-state index in [-0.39, 0.29) is 11.7 Å². The summed E-state index contributed by atoms with van der Waals surface area (Å²) in [6, 6.07) is 5.99. The van der Waals surface area contributed by atoms with E-state index in [0.29, 0.717) is 6.42 Å². The minimum atomic E-state index is 0.0729. The van der Waals surface area contributed by atoms with Crippen LogP contribution >= 0.6 is 27.5 Å². The fraction of sp³-hybridized carbons (Fsp3) is 0.364. The highest BCUT2D eigenvalue weighted by atomic mass is 79.9. The first-order valence-electron chi connectivity index (χ1n) is 4.52. The first-order valence-corrected chi connectivity index (χ1v) is 5.85. The van der Waals surface area contributed by atoms with Gasteiger partial charge in [-0.2, -0.15) is 0 Å². The van der Waals surface area contributed by atoms with Gasteiger partial charge >= 0.3 is 0 Å². The summed E-state index contributed by atoms with van der Waals surface area (Å²) in [5, 5.41) is 0. The number of Topliss-reactive ketones (excluding diaryl/α,β-unsaturated/α-hetero) is 1. The van der Waals surface area contributed by atoms with E-state index < -0.39 is 0 Å². The Kier molecular flexibility index (Phi) is 4.63. The summed E-state index contributed by atoms with van der Waals surface area (Å²) in [5.74, 6) is 0.169. The summed E-state index contributed by atoms with van der Waals surface area (Å²) >= 11 is 8.88. The number of hydrogen-bond acceptors (Lipinski definition) is 1. The molecule has 0 amide bonds. The third-order valence-corrected chi connectivity index (χ3v) is 2.88. The van der Waals surface area contributed by atoms with Gasteiger partial charge in [0.25, 0.3) is 0 Å². The predicted molar refractivity (Wildman–Crippen MR) is 63.0 cm³/mol. The lowest BCUT2D eigenvalue weighted by Gasteiger charge is -2.06. The Bertz CT molecular complexity index is 336. The van der Waals surface area contributed by atoms with Crippen LogP contribution in [-0.4, -0.2) is 11.7 Å². The molecule has 3 heteroatoms. The molecule has 0 fully saturated rings. The maximum absolute atomic E-state index is 11.2. The fourth-order valence-corrected chi connectivity index (χ4v) is 1.86. The van der Waals surface area contributed by atoms with Gasteiger partial charge in [-0.15, -0.1) is 11.6 Å². The van der Waals surface area contributed by atoms with Crippen LogP contribution in [0.5, 0.6) is 0 Å². The van der Waals surface area contributed by atoms with Crippen molar-refractivity contribution in [1.82, 2.24) is 0 Å². The van der Waals surface area contributed by atoms with Crippen LogP contribution in [0.15, 0.2) is 22.7 Å². The van der Waals surface area contributed by atoms with Gasteiger partial charge in [0.05, 0.1) is 5.88 Å². The van der Waals surface area contributed by atoms with E-state index in [1.54, 1.807) is 0 Å². The number of halogens is 2. The molecule has 0 aliphatic carbocycles. The summed E-state index contributed by atoms with van der Waals surface area (Å²) < 4.78 is 1.05. The van der Waals surface area contributed by atoms with Gasteiger partial charge in [0, 0.05) is 10.9 Å². The Morgan fingerprint density at radius 3 is 2.71 bits per heavy atom. The Balaban J connectivity index is 2.90. The molecule has 0 radical (unpaired) electrons. The predicted octanol–water partition coefficient (Wildman–Crippen LogP) is 3.36. The van der Waals surface area contributed by atoms with Crippen LogP contribution in [0, 0.1) is 0 Å². The third-order valence-electron chi connectivity index (χ3n) is 2.09. The second kappa shape index (κ2) is 5.52. The molecule has 76 valence electrons. The molecular weight excluding hydrogens is 263 g/mol. The summed E-state index contributed by atoms with van der Waals surface area (Å²) in [5.41, 5.74) is 2.29. The highest BCUT2D eigenvalue weighted by Crippen LogP contribution is 2.18. The molecule has 0 unspecified atom stereocenters. The van der Waals surface area contributed by atoms with E-state index >= 15 is 0 Å². The van der Waals surface area contributed by atoms with Crippen molar-refractivity contribution in [3.63, 3.8) is 0 Å². The SMILES string of the molecule is CCc1cc(Br)ccc1CC(=O)CCl. The Labute approximate surface area is 97.6 Å². The van der Waals surface area contributed by atoms with E-state index in [1.165, 1.54) is 5.56 Å². The zero-order valence-electron chi connectivity index (χ0n) is 8.02. The van der Waals surface area contributed by atoms with Crippen LogP contribution in [0.3, 0.4) is 0 Å². The van der Waals surface area contributed by atoms with Crippen molar-refractivity contribution in [3.8, 4) is 0 Å². The number of carbonyl (C=O) groups is 1. The van der Waals surface area contributed by atoms with Crippen molar-refractivity contribution in [1.29, 1.82) is 0 Å². The molecule has 0 atom stereocenters. The Morgan fingerprint density at radius 1 is 1.43 bits per heavy atom. The van der Waals surface area contributed by atoms with Crippen molar-refractivity contribution in [2.75, 3.05) is 5.88 Å². The summed E-state index contributed by atoms with van der Waals surface area (Å²) in [6.07, 6.45) is 1.38. The summed E-state index contributed by atoms with van der Waals surface area (Å²) in [4.78, 5) is 11.2. The Morgan fingerprint density at radius 2 is 2.14 bits per heavy atom. The van der Waals surface area contributed by atoms with Crippen LogP contribution in [0.4, 0.5) is 0 Å². The molecule has 0 aliphatic rings. The van der Waals surface area contributed by atoms with Crippen LogP contribution in [0.2, 0.25) is 0 Å². The van der Waals surface area contributed by atoms with E-state index in [4.69, 9.17) is 11.6 Å². The normalized spacial score (nSPS) is 10.2. The van der Waals surface area contributed by atoms with Gasteiger partial charge in [-0.25, -0.2) is 0 Å². The molecular formula is C11H12BrClO. The average Bonchev–Trinajstić information content (AvgIpc) is 2.20. The standard InChI is InChI=1S/C11H12BrClO/c1-2-8-5-10(12)4-3-9(8)6-11(14)7-13/h3-5H,2,6-7H2,1H3. The fourth-order valence-electron chi connectivity index (χ4n) is 1.36. The van der Waals surface area contributed by atoms with E-state index in [9.17, 15) is 4.79 Å². The number of benzene rings is 1. The average molecular weight is 276 g/mol. The lowest BCUT2D eigenvalue weighted by atomic mass is 10.0. The lowest BCUT2D eigenvalue weighted by Crippen LogP contribution is -2.06. The second-order valence-corrected chi connectivity index (χ2v) is 4.30. The van der Waals surface area contributed by atoms with Gasteiger partial charge in [0.2, 0.25) is 0 Å². The first kappa shape index (κ1) is 11.7. The number of aryl methyl sites for hydroxylation is 1. The van der Waals surface area contributed by atoms with Gasteiger partial charge in [-0.1, -0.05) is 28.9 Å². The van der Waals surface area contributed by atoms with Crippen LogP contribution in [0.1, 0.15) is 18.1 Å². The van der Waals surface area contributed by atoms with Crippen LogP contribution in [-0.2, 0) is 17.6 Å². The Hall–Kier alpha value is -0.340. The van der Waals surface area contributed by atoms with Gasteiger partial charge in [-0.05, 0) is 29.7 Å². The number of rotatable bonds is 4. The van der Waals surface area contributed by atoms with Crippen molar-refractivity contribution in [3.05, 3.63) is 33.8 Å². The highest BCUT2D eigenvalue weighted by molar-refractivity contribution is 9.10. The maximum atomic E-state index is 11.2. The summed E-state index contributed by atoms with van der Waals surface area (Å²) in [7, 11) is 0. The molecule has 0 bridgehead atoms. The number of carbonyl (C=O) groups excluding carboxylic acids is 1. The van der Waals surface area contributed by atoms with Gasteiger partial charge < -0.3 is 0 Å². The van der Waals surface area contributed by atoms with Crippen LogP contribution in [0.25, 0.3) is 0 Å². The van der Waals surface area contributed by atoms with Crippen molar-refractivity contribution in [2.45, 2.75) is 19.8 Å². The van der Waals surface area contributed by atoms with Crippen LogP contribution < -0.4 is 0 Å². The smallest absolute Gasteiger partial charge is 0.151 e. The molecule has 14 heavy (non-hydrogen) atoms. The molecule has 0 aromatic heterocycles. The van der Waals surface area contributed by atoms with Crippen molar-refractivity contribution < 1.29 is 4.79 Å². The zero-order valence-corrected chi connectivity index (χ0v) is 10.4. The van der Waals surface area contributed by atoms with E-state index in [0.717, 1.165) is 16.5 Å². The molecule has 0 heterocycles. The van der Waals surface area contributed by atoms with E-state index in [1.807, 2.05) is 12.1 Å². The molecule has 0 spiro atoms. The molecule has 1 rings (SSSR count). The minimum absolute atomic E-state index is 0.0729. The zero-order chi connectivity index (χ0) is 10.6. The molecule has 0 aliphatic heterocycles. The summed E-state index contributed by atoms with van der Waals surface area (Å²) in [6.45, 7) is 2.08. The molecule has 1 nitrogen and oxygen atoms in total.